The van der Waals surface area contributed by atoms with Crippen LogP contribution in [0.5, 0.6) is 5.75 Å². The standard InChI is InChI=1S/C12H14FNO4/c1-2-18-10-4-3-8(5-9(10)13)7-14-11(15)6-12(16)17/h3-5H,2,6-7H2,1H3,(H,14,15)(H,16,17). The Balaban J connectivity index is 2.55. The van der Waals surface area contributed by atoms with Crippen LogP contribution in [0.4, 0.5) is 4.39 Å². The molecule has 0 heterocycles. The molecule has 0 bridgehead atoms. The number of carbonyl (C=O) groups is 2. The number of halogens is 1. The highest BCUT2D eigenvalue weighted by atomic mass is 19.1. The van der Waals surface area contributed by atoms with E-state index >= 15 is 0 Å². The maximum atomic E-state index is 13.4. The van der Waals surface area contributed by atoms with E-state index in [1.807, 2.05) is 0 Å². The average Bonchev–Trinajstić information content (AvgIpc) is 2.29. The monoisotopic (exact) mass is 255 g/mol. The van der Waals surface area contributed by atoms with Crippen LogP contribution < -0.4 is 10.1 Å². The van der Waals surface area contributed by atoms with Crippen molar-refractivity contribution in [2.24, 2.45) is 0 Å². The second-order valence-corrected chi connectivity index (χ2v) is 3.55. The lowest BCUT2D eigenvalue weighted by Gasteiger charge is -2.07. The molecule has 0 spiro atoms. The third-order valence-electron chi connectivity index (χ3n) is 2.10. The lowest BCUT2D eigenvalue weighted by molar-refractivity contribution is -0.140. The van der Waals surface area contributed by atoms with Crippen LogP contribution in [0, 0.1) is 5.82 Å². The maximum Gasteiger partial charge on any atom is 0.312 e. The van der Waals surface area contributed by atoms with E-state index in [1.165, 1.54) is 12.1 Å². The highest BCUT2D eigenvalue weighted by molar-refractivity contribution is 5.93. The topological polar surface area (TPSA) is 75.6 Å². The SMILES string of the molecule is CCOc1ccc(CNC(=O)CC(=O)O)cc1F. The molecule has 0 saturated heterocycles. The Morgan fingerprint density at radius 2 is 2.17 bits per heavy atom. The Morgan fingerprint density at radius 3 is 2.72 bits per heavy atom. The van der Waals surface area contributed by atoms with Crippen LogP contribution in [0.25, 0.3) is 0 Å². The highest BCUT2D eigenvalue weighted by Gasteiger charge is 2.08. The molecule has 0 saturated carbocycles. The highest BCUT2D eigenvalue weighted by Crippen LogP contribution is 2.18. The molecular weight excluding hydrogens is 241 g/mol. The molecule has 0 aliphatic carbocycles. The van der Waals surface area contributed by atoms with Crippen LogP contribution in [-0.4, -0.2) is 23.6 Å². The van der Waals surface area contributed by atoms with Crippen molar-refractivity contribution in [3.05, 3.63) is 29.6 Å². The lowest BCUT2D eigenvalue weighted by Crippen LogP contribution is -2.25. The fraction of sp³-hybridized carbons (Fsp3) is 0.333. The molecule has 2 N–H and O–H groups in total. The van der Waals surface area contributed by atoms with E-state index in [9.17, 15) is 14.0 Å². The van der Waals surface area contributed by atoms with Gasteiger partial charge in [0.1, 0.15) is 6.42 Å². The van der Waals surface area contributed by atoms with Crippen molar-refractivity contribution in [2.75, 3.05) is 6.61 Å². The Kier molecular flexibility index (Phi) is 5.10. The second-order valence-electron chi connectivity index (χ2n) is 3.55. The number of hydrogen-bond acceptors (Lipinski definition) is 3. The van der Waals surface area contributed by atoms with Crippen molar-refractivity contribution < 1.29 is 23.8 Å². The van der Waals surface area contributed by atoms with E-state index in [1.54, 1.807) is 13.0 Å². The predicted molar refractivity (Wildman–Crippen MR) is 61.7 cm³/mol. The molecule has 5 nitrogen and oxygen atoms in total. The Morgan fingerprint density at radius 1 is 1.44 bits per heavy atom. The summed E-state index contributed by atoms with van der Waals surface area (Å²) in [5, 5.41) is 10.8. The van der Waals surface area contributed by atoms with Crippen LogP contribution in [0.3, 0.4) is 0 Å². The van der Waals surface area contributed by atoms with Gasteiger partial charge in [0.05, 0.1) is 6.61 Å². The van der Waals surface area contributed by atoms with Crippen molar-refractivity contribution >= 4 is 11.9 Å². The summed E-state index contributed by atoms with van der Waals surface area (Å²) in [7, 11) is 0. The number of carboxylic acids is 1. The number of carbonyl (C=O) groups excluding carboxylic acids is 1. The number of rotatable bonds is 6. The molecule has 0 atom stereocenters. The molecule has 0 fully saturated rings. The van der Waals surface area contributed by atoms with Gasteiger partial charge in [0.15, 0.2) is 11.6 Å². The van der Waals surface area contributed by atoms with E-state index in [4.69, 9.17) is 9.84 Å². The molecular formula is C12H14FNO4. The molecule has 0 aliphatic rings. The molecule has 1 aromatic rings. The van der Waals surface area contributed by atoms with Crippen molar-refractivity contribution in [1.29, 1.82) is 0 Å². The Hall–Kier alpha value is -2.11. The molecule has 1 rings (SSSR count). The zero-order chi connectivity index (χ0) is 13.5. The van der Waals surface area contributed by atoms with E-state index in [0.717, 1.165) is 0 Å². The van der Waals surface area contributed by atoms with Gasteiger partial charge in [-0.05, 0) is 24.6 Å². The van der Waals surface area contributed by atoms with Gasteiger partial charge in [0, 0.05) is 6.54 Å². The Labute approximate surface area is 104 Å². The molecule has 1 aromatic carbocycles. The van der Waals surface area contributed by atoms with Gasteiger partial charge in [-0.2, -0.15) is 0 Å². The van der Waals surface area contributed by atoms with Crippen molar-refractivity contribution in [3.63, 3.8) is 0 Å². The van der Waals surface area contributed by atoms with Gasteiger partial charge >= 0.3 is 5.97 Å². The smallest absolute Gasteiger partial charge is 0.312 e. The summed E-state index contributed by atoms with van der Waals surface area (Å²) < 4.78 is 18.5. The number of ether oxygens (including phenoxy) is 1. The zero-order valence-electron chi connectivity index (χ0n) is 9.90. The molecule has 98 valence electrons. The van der Waals surface area contributed by atoms with Gasteiger partial charge in [0.25, 0.3) is 0 Å². The van der Waals surface area contributed by atoms with Gasteiger partial charge < -0.3 is 15.2 Å². The minimum absolute atomic E-state index is 0.0788. The average molecular weight is 255 g/mol. The molecule has 0 unspecified atom stereocenters. The zero-order valence-corrected chi connectivity index (χ0v) is 9.90. The largest absolute Gasteiger partial charge is 0.491 e. The number of nitrogens with one attached hydrogen (secondary N) is 1. The molecule has 0 aliphatic heterocycles. The number of benzene rings is 1. The predicted octanol–water partition coefficient (Wildman–Crippen LogP) is 1.32. The first-order valence-electron chi connectivity index (χ1n) is 5.42. The van der Waals surface area contributed by atoms with Gasteiger partial charge in [-0.15, -0.1) is 0 Å². The summed E-state index contributed by atoms with van der Waals surface area (Å²) in [4.78, 5) is 21.3. The third-order valence-corrected chi connectivity index (χ3v) is 2.10. The third kappa shape index (κ3) is 4.40. The number of aliphatic carboxylic acids is 1. The van der Waals surface area contributed by atoms with Gasteiger partial charge in [-0.1, -0.05) is 6.07 Å². The normalized spacial score (nSPS) is 9.89. The number of amides is 1. The molecule has 0 aromatic heterocycles. The van der Waals surface area contributed by atoms with Crippen LogP contribution in [0.15, 0.2) is 18.2 Å². The first-order chi connectivity index (χ1) is 8.52. The first kappa shape index (κ1) is 14.0. The summed E-state index contributed by atoms with van der Waals surface area (Å²) in [5.74, 6) is -2.18. The van der Waals surface area contributed by atoms with Gasteiger partial charge in [0.2, 0.25) is 5.91 Å². The van der Waals surface area contributed by atoms with Gasteiger partial charge in [-0.3, -0.25) is 9.59 Å². The number of carboxylic acid groups (broad SMARTS) is 1. The van der Waals surface area contributed by atoms with Crippen LogP contribution in [-0.2, 0) is 16.1 Å². The second kappa shape index (κ2) is 6.58. The van der Waals surface area contributed by atoms with E-state index in [-0.39, 0.29) is 12.3 Å². The van der Waals surface area contributed by atoms with Crippen molar-refractivity contribution in [1.82, 2.24) is 5.32 Å². The maximum absolute atomic E-state index is 13.4. The molecule has 6 heteroatoms. The number of hydrogen-bond donors (Lipinski definition) is 2. The van der Waals surface area contributed by atoms with Crippen LogP contribution in [0.1, 0.15) is 18.9 Å². The van der Waals surface area contributed by atoms with Gasteiger partial charge in [-0.25, -0.2) is 4.39 Å². The summed E-state index contributed by atoms with van der Waals surface area (Å²) >= 11 is 0. The fourth-order valence-corrected chi connectivity index (χ4v) is 1.33. The van der Waals surface area contributed by atoms with Crippen molar-refractivity contribution in [3.8, 4) is 5.75 Å². The van der Waals surface area contributed by atoms with E-state index < -0.39 is 24.1 Å². The molecule has 1 amide bonds. The first-order valence-corrected chi connectivity index (χ1v) is 5.42. The minimum Gasteiger partial charge on any atom is -0.491 e. The lowest BCUT2D eigenvalue weighted by atomic mass is 10.2. The van der Waals surface area contributed by atoms with Crippen LogP contribution >= 0.6 is 0 Å². The quantitative estimate of drug-likeness (QED) is 0.751. The summed E-state index contributed by atoms with van der Waals surface area (Å²) in [6, 6.07) is 4.32. The fourth-order valence-electron chi connectivity index (χ4n) is 1.33. The Bertz CT molecular complexity index is 448. The summed E-state index contributed by atoms with van der Waals surface area (Å²) in [6.07, 6.45) is -0.598. The van der Waals surface area contributed by atoms with Crippen molar-refractivity contribution in [2.45, 2.75) is 19.9 Å². The van der Waals surface area contributed by atoms with E-state index in [2.05, 4.69) is 5.32 Å². The minimum atomic E-state index is -1.20. The summed E-state index contributed by atoms with van der Waals surface area (Å²) in [6.45, 7) is 2.19. The van der Waals surface area contributed by atoms with E-state index in [0.29, 0.717) is 12.2 Å². The molecule has 0 radical (unpaired) electrons. The molecule has 18 heavy (non-hydrogen) atoms. The summed E-state index contributed by atoms with van der Waals surface area (Å²) in [5.41, 5.74) is 0.537. The van der Waals surface area contributed by atoms with Crippen LogP contribution in [0.2, 0.25) is 0 Å².